The van der Waals surface area contributed by atoms with E-state index in [0.29, 0.717) is 12.1 Å². The number of anilines is 1. The van der Waals surface area contributed by atoms with Crippen molar-refractivity contribution < 1.29 is 42.2 Å². The van der Waals surface area contributed by atoms with Crippen LogP contribution in [0.4, 0.5) is 38.3 Å². The number of benzene rings is 1. The predicted molar refractivity (Wildman–Crippen MR) is 123 cm³/mol. The molecule has 2 aliphatic rings. The maximum Gasteiger partial charge on any atom is 0.310 e. The van der Waals surface area contributed by atoms with Gasteiger partial charge in [0, 0.05) is 42.0 Å². The van der Waals surface area contributed by atoms with Gasteiger partial charge in [-0.1, -0.05) is 31.0 Å². The average molecular weight is 589 g/mol. The molecular weight excluding hydrogens is 571 g/mol. The topological polar surface area (TPSA) is 75.2 Å². The minimum absolute atomic E-state index is 0.0591. The van der Waals surface area contributed by atoms with Crippen molar-refractivity contribution in [1.82, 2.24) is 15.3 Å². The van der Waals surface area contributed by atoms with E-state index in [1.54, 1.807) is 0 Å². The summed E-state index contributed by atoms with van der Waals surface area (Å²) in [4.78, 5) is 31.7. The van der Waals surface area contributed by atoms with Gasteiger partial charge in [-0.25, -0.2) is 23.1 Å². The van der Waals surface area contributed by atoms with Crippen LogP contribution in [0.5, 0.6) is 0 Å². The molecule has 5 atom stereocenters. The Morgan fingerprint density at radius 3 is 2.13 bits per heavy atom. The molecule has 206 valence electrons. The summed E-state index contributed by atoms with van der Waals surface area (Å²) in [6.45, 7) is 0. The van der Waals surface area contributed by atoms with Gasteiger partial charge in [-0.2, -0.15) is 0 Å². The first-order chi connectivity index (χ1) is 17.2. The zero-order valence-corrected chi connectivity index (χ0v) is 20.6. The average Bonchev–Trinajstić information content (AvgIpc) is 3.34. The van der Waals surface area contributed by atoms with Gasteiger partial charge in [0.25, 0.3) is 17.5 Å². The highest BCUT2D eigenvalue weighted by Gasteiger charge is 2.65. The van der Waals surface area contributed by atoms with Crippen molar-refractivity contribution in [3.8, 4) is 0 Å². The monoisotopic (exact) mass is 588 g/mol. The molecule has 6 nitrogen and oxygen atoms in total. The molecule has 38 heavy (non-hydrogen) atoms. The quantitative estimate of drug-likeness (QED) is 0.261. The van der Waals surface area contributed by atoms with Crippen LogP contribution in [0.1, 0.15) is 24.8 Å². The smallest absolute Gasteiger partial charge is 0.310 e. The largest absolute Gasteiger partial charge is 0.351 e. The van der Waals surface area contributed by atoms with Gasteiger partial charge in [0.1, 0.15) is 24.5 Å². The number of fused-ring (bicyclic) bond motifs is 2. The fourth-order valence-corrected chi connectivity index (χ4v) is 5.73. The Bertz CT molecular complexity index is 1260. The van der Waals surface area contributed by atoms with Crippen LogP contribution < -0.4 is 10.2 Å². The van der Waals surface area contributed by atoms with Crippen LogP contribution in [0, 0.1) is 11.8 Å². The summed E-state index contributed by atoms with van der Waals surface area (Å²) < 4.78 is 108. The molecule has 0 aliphatic heterocycles. The number of hydrogen-bond donors (Lipinski definition) is 1. The Hall–Kier alpha value is -2.62. The number of nitrogens with zero attached hydrogens (tertiary/aromatic N) is 3. The number of halogens is 9. The van der Waals surface area contributed by atoms with E-state index < -0.39 is 73.9 Å². The number of amides is 2. The summed E-state index contributed by atoms with van der Waals surface area (Å²) in [7, 11) is -3.77. The summed E-state index contributed by atoms with van der Waals surface area (Å²) in [5.41, 5.74) is -6.75. The molecule has 2 saturated carbocycles. The van der Waals surface area contributed by atoms with Crippen LogP contribution >= 0.6 is 21.8 Å². The van der Waals surface area contributed by atoms with E-state index in [2.05, 4.69) is 15.3 Å². The predicted octanol–water partition coefficient (Wildman–Crippen LogP) is 5.57. The Morgan fingerprint density at radius 2 is 1.68 bits per heavy atom. The van der Waals surface area contributed by atoms with E-state index in [0.717, 1.165) is 18.7 Å². The Balaban J connectivity index is 1.79. The lowest BCUT2D eigenvalue weighted by atomic mass is 9.69. The van der Waals surface area contributed by atoms with Gasteiger partial charge in [-0.15, -0.1) is 0 Å². The first kappa shape index (κ1) is 28.4. The van der Waals surface area contributed by atoms with Crippen LogP contribution in [-0.4, -0.2) is 47.2 Å². The SMILES string of the molecule is [B][C@](C(=O)N[C@@H]1CC2CC1CC2(F)F)(c1cncnc1)N(C(=O)[C@H](F)Cl)c1ccc(S(F)(F)(F)(F)F)cc1. The normalized spacial score (nSPS) is 26.5. The van der Waals surface area contributed by atoms with Crippen molar-refractivity contribution in [1.29, 1.82) is 0 Å². The summed E-state index contributed by atoms with van der Waals surface area (Å²) in [6, 6.07) is -0.153. The van der Waals surface area contributed by atoms with Crippen LogP contribution in [0.3, 0.4) is 0 Å². The lowest BCUT2D eigenvalue weighted by Gasteiger charge is -2.43. The second-order valence-corrected chi connectivity index (χ2v) is 12.1. The molecular formula is C21H18BClF8N4O2S. The third-order valence-corrected chi connectivity index (χ3v) is 8.14. The molecule has 2 bridgehead atoms. The lowest BCUT2D eigenvalue weighted by molar-refractivity contribution is -0.130. The summed E-state index contributed by atoms with van der Waals surface area (Å²) in [5.74, 6) is -7.55. The fourth-order valence-electron chi connectivity index (χ4n) is 4.98. The van der Waals surface area contributed by atoms with E-state index in [1.807, 2.05) is 0 Å². The van der Waals surface area contributed by atoms with Gasteiger partial charge in [-0.3, -0.25) is 14.5 Å². The number of rotatable bonds is 7. The van der Waals surface area contributed by atoms with Crippen molar-refractivity contribution in [2.45, 2.75) is 47.2 Å². The molecule has 4 rings (SSSR count). The maximum atomic E-state index is 14.1. The molecule has 2 radical (unpaired) electrons. The fraction of sp³-hybridized carbons (Fsp3) is 0.429. The molecule has 1 heterocycles. The van der Waals surface area contributed by atoms with Crippen molar-refractivity contribution >= 4 is 47.2 Å². The number of nitrogens with one attached hydrogen (secondary N) is 1. The van der Waals surface area contributed by atoms with Gasteiger partial charge in [0.05, 0.1) is 0 Å². The van der Waals surface area contributed by atoms with Gasteiger partial charge in [0.2, 0.25) is 5.91 Å². The van der Waals surface area contributed by atoms with Crippen LogP contribution in [0.15, 0.2) is 47.9 Å². The molecule has 1 N–H and O–H groups in total. The number of aromatic nitrogens is 2. The number of alkyl halides is 4. The van der Waals surface area contributed by atoms with Gasteiger partial charge in [0.15, 0.2) is 0 Å². The molecule has 1 aromatic heterocycles. The first-order valence-corrected chi connectivity index (χ1v) is 13.3. The van der Waals surface area contributed by atoms with Crippen molar-refractivity contribution in [2.24, 2.45) is 11.8 Å². The summed E-state index contributed by atoms with van der Waals surface area (Å²) in [5, 5.41) is 2.47. The van der Waals surface area contributed by atoms with E-state index in [1.165, 1.54) is 0 Å². The second kappa shape index (κ2) is 8.44. The van der Waals surface area contributed by atoms with Crippen molar-refractivity contribution in [2.75, 3.05) is 4.90 Å². The molecule has 17 heteroatoms. The minimum atomic E-state index is -10.1. The lowest BCUT2D eigenvalue weighted by Crippen LogP contribution is -2.62. The summed E-state index contributed by atoms with van der Waals surface area (Å²) >= 11 is 5.32. The molecule has 2 fully saturated rings. The number of carbonyl (C=O) groups is 2. The highest BCUT2D eigenvalue weighted by Crippen LogP contribution is 3.02. The van der Waals surface area contributed by atoms with Crippen LogP contribution in [0.2, 0.25) is 0 Å². The zero-order valence-electron chi connectivity index (χ0n) is 19.0. The number of carbonyl (C=O) groups excluding carboxylic acids is 2. The van der Waals surface area contributed by atoms with E-state index >= 15 is 0 Å². The standard InChI is InChI=1S/C21H18BClF8N4O2S/c22-21(13-8-32-10-33-9-13,19(37)34-16-6-12-5-11(16)7-20(12,25)26)35(18(36)17(23)24)14-1-3-15(4-2-14)38(27,28,29,30)31/h1-4,8-12,16-17H,5-7H2,(H,34,37)/t11?,12?,16-,17+,21-/m1/s1. The minimum Gasteiger partial charge on any atom is -0.351 e. The highest BCUT2D eigenvalue weighted by molar-refractivity contribution is 8.45. The van der Waals surface area contributed by atoms with Crippen molar-refractivity contribution in [3.63, 3.8) is 0 Å². The molecule has 2 aromatic rings. The molecule has 0 spiro atoms. The first-order valence-electron chi connectivity index (χ1n) is 10.9. The van der Waals surface area contributed by atoms with E-state index in [9.17, 15) is 42.2 Å². The highest BCUT2D eigenvalue weighted by atomic mass is 35.5. The second-order valence-electron chi connectivity index (χ2n) is 9.30. The third kappa shape index (κ3) is 5.16. The van der Waals surface area contributed by atoms with Crippen LogP contribution in [0.25, 0.3) is 0 Å². The maximum absolute atomic E-state index is 14.1. The molecule has 2 aliphatic carbocycles. The molecule has 0 saturated heterocycles. The Kier molecular flexibility index (Phi) is 6.31. The number of hydrogen-bond acceptors (Lipinski definition) is 4. The van der Waals surface area contributed by atoms with Crippen LogP contribution in [-0.2, 0) is 15.0 Å². The Morgan fingerprint density at radius 1 is 1.11 bits per heavy atom. The van der Waals surface area contributed by atoms with Gasteiger partial charge >= 0.3 is 10.2 Å². The molecule has 2 unspecified atom stereocenters. The molecule has 2 amide bonds. The summed E-state index contributed by atoms with van der Waals surface area (Å²) in [6.07, 6.45) is 2.38. The van der Waals surface area contributed by atoms with E-state index in [-0.39, 0.29) is 35.4 Å². The van der Waals surface area contributed by atoms with E-state index in [4.69, 9.17) is 19.4 Å². The third-order valence-electron chi connectivity index (χ3n) is 6.79. The Labute approximate surface area is 217 Å². The van der Waals surface area contributed by atoms with Gasteiger partial charge in [-0.05, 0) is 43.0 Å². The zero-order chi connectivity index (χ0) is 28.4. The van der Waals surface area contributed by atoms with Gasteiger partial charge < -0.3 is 5.32 Å². The van der Waals surface area contributed by atoms with Crippen molar-refractivity contribution in [3.05, 3.63) is 48.5 Å². The molecule has 1 aromatic carbocycles.